The molecule has 0 radical (unpaired) electrons. The third kappa shape index (κ3) is 4.47. The van der Waals surface area contributed by atoms with Gasteiger partial charge in [-0.05, 0) is 37.8 Å². The Labute approximate surface area is 146 Å². The van der Waals surface area contributed by atoms with Crippen molar-refractivity contribution in [2.45, 2.75) is 37.4 Å². The first-order valence-electron chi connectivity index (χ1n) is 8.30. The molecule has 1 aliphatic rings. The first-order chi connectivity index (χ1) is 11.7. The molecule has 5 nitrogen and oxygen atoms in total. The first-order valence-corrected chi connectivity index (χ1v) is 9.29. The van der Waals surface area contributed by atoms with Gasteiger partial charge < -0.3 is 4.90 Å². The zero-order valence-corrected chi connectivity index (χ0v) is 14.6. The Bertz CT molecular complexity index is 698. The number of carbonyl (C=O) groups excluding carboxylic acids is 1. The van der Waals surface area contributed by atoms with Gasteiger partial charge in [-0.1, -0.05) is 48.2 Å². The molecule has 1 aliphatic heterocycles. The van der Waals surface area contributed by atoms with E-state index in [4.69, 9.17) is 0 Å². The van der Waals surface area contributed by atoms with Crippen LogP contribution in [0.2, 0.25) is 0 Å². The molecule has 1 saturated heterocycles. The van der Waals surface area contributed by atoms with E-state index in [1.807, 2.05) is 47.4 Å². The average Bonchev–Trinajstić information content (AvgIpc) is 3.07. The minimum Gasteiger partial charge on any atom is -0.339 e. The minimum absolute atomic E-state index is 0.179. The molecule has 126 valence electrons. The Morgan fingerprint density at radius 1 is 1.33 bits per heavy atom. The van der Waals surface area contributed by atoms with Crippen molar-refractivity contribution in [3.05, 3.63) is 41.7 Å². The predicted molar refractivity (Wildman–Crippen MR) is 97.5 cm³/mol. The number of piperidine rings is 1. The molecular weight excluding hydrogens is 320 g/mol. The lowest BCUT2D eigenvalue weighted by Gasteiger charge is -2.33. The van der Waals surface area contributed by atoms with Gasteiger partial charge in [0.1, 0.15) is 5.82 Å². The molecule has 2 heterocycles. The van der Waals surface area contributed by atoms with Crippen LogP contribution in [0.1, 0.15) is 37.6 Å². The predicted octanol–water partition coefficient (Wildman–Crippen LogP) is 3.47. The minimum atomic E-state index is 0.179. The van der Waals surface area contributed by atoms with E-state index in [0.717, 1.165) is 24.9 Å². The highest BCUT2D eigenvalue weighted by molar-refractivity contribution is 7.99. The van der Waals surface area contributed by atoms with Gasteiger partial charge in [-0.2, -0.15) is 0 Å². The summed E-state index contributed by atoms with van der Waals surface area (Å²) >= 11 is 1.39. The SMILES string of the molecule is CC1CCCCN1C(=O)CSc1n[nH]c(/C=C/c2ccccc2)n1. The van der Waals surface area contributed by atoms with Gasteiger partial charge in [-0.15, -0.1) is 5.10 Å². The third-order valence-electron chi connectivity index (χ3n) is 4.16. The van der Waals surface area contributed by atoms with E-state index >= 15 is 0 Å². The fraction of sp³-hybridized carbons (Fsp3) is 0.389. The van der Waals surface area contributed by atoms with E-state index < -0.39 is 0 Å². The van der Waals surface area contributed by atoms with Crippen LogP contribution in [-0.4, -0.2) is 44.3 Å². The largest absolute Gasteiger partial charge is 0.339 e. The molecule has 1 aromatic carbocycles. The molecule has 6 heteroatoms. The highest BCUT2D eigenvalue weighted by atomic mass is 32.2. The van der Waals surface area contributed by atoms with Gasteiger partial charge in [0.15, 0.2) is 0 Å². The number of carbonyl (C=O) groups is 1. The summed E-state index contributed by atoms with van der Waals surface area (Å²) in [7, 11) is 0. The normalized spacial score (nSPS) is 18.2. The molecule has 2 aromatic rings. The van der Waals surface area contributed by atoms with Crippen LogP contribution in [0.3, 0.4) is 0 Å². The molecule has 3 rings (SSSR count). The van der Waals surface area contributed by atoms with E-state index in [2.05, 4.69) is 22.1 Å². The third-order valence-corrected chi connectivity index (χ3v) is 5.00. The van der Waals surface area contributed by atoms with Gasteiger partial charge in [0.2, 0.25) is 11.1 Å². The summed E-state index contributed by atoms with van der Waals surface area (Å²) in [5, 5.41) is 7.68. The molecule has 0 bridgehead atoms. The molecule has 1 fully saturated rings. The van der Waals surface area contributed by atoms with E-state index in [1.165, 1.54) is 18.2 Å². The standard InChI is InChI=1S/C18H22N4OS/c1-14-7-5-6-12-22(14)17(23)13-24-18-19-16(20-21-18)11-10-15-8-3-2-4-9-15/h2-4,8-11,14H,5-7,12-13H2,1H3,(H,19,20,21)/b11-10+. The Hall–Kier alpha value is -2.08. The maximum absolute atomic E-state index is 12.3. The number of nitrogens with one attached hydrogen (secondary N) is 1. The Morgan fingerprint density at radius 2 is 2.17 bits per heavy atom. The number of hydrogen-bond acceptors (Lipinski definition) is 4. The number of amides is 1. The number of thioether (sulfide) groups is 1. The first kappa shape index (κ1) is 16.8. The van der Waals surface area contributed by atoms with Crippen molar-refractivity contribution in [3.63, 3.8) is 0 Å². The number of nitrogens with zero attached hydrogens (tertiary/aromatic N) is 3. The Balaban J connectivity index is 1.52. The Morgan fingerprint density at radius 3 is 2.96 bits per heavy atom. The van der Waals surface area contributed by atoms with Crippen LogP contribution in [0.15, 0.2) is 35.5 Å². The molecule has 0 aliphatic carbocycles. The van der Waals surface area contributed by atoms with E-state index in [9.17, 15) is 4.79 Å². The highest BCUT2D eigenvalue weighted by Crippen LogP contribution is 2.20. The van der Waals surface area contributed by atoms with E-state index in [0.29, 0.717) is 22.8 Å². The van der Waals surface area contributed by atoms with Crippen LogP contribution in [0.25, 0.3) is 12.2 Å². The van der Waals surface area contributed by atoms with E-state index in [1.54, 1.807) is 0 Å². The molecule has 1 aromatic heterocycles. The number of rotatable bonds is 5. The van der Waals surface area contributed by atoms with Gasteiger partial charge in [0.05, 0.1) is 5.75 Å². The number of H-pyrrole nitrogens is 1. The summed E-state index contributed by atoms with van der Waals surface area (Å²) in [5.74, 6) is 1.27. The van der Waals surface area contributed by atoms with Crippen molar-refractivity contribution in [2.75, 3.05) is 12.3 Å². The lowest BCUT2D eigenvalue weighted by Crippen LogP contribution is -2.42. The summed E-state index contributed by atoms with van der Waals surface area (Å²) < 4.78 is 0. The van der Waals surface area contributed by atoms with Crippen LogP contribution < -0.4 is 0 Å². The van der Waals surface area contributed by atoms with Crippen molar-refractivity contribution in [2.24, 2.45) is 0 Å². The average molecular weight is 342 g/mol. The summed E-state index contributed by atoms with van der Waals surface area (Å²) in [6, 6.07) is 10.4. The molecule has 1 N–H and O–H groups in total. The van der Waals surface area contributed by atoms with Crippen molar-refractivity contribution in [1.82, 2.24) is 20.1 Å². The summed E-state index contributed by atoms with van der Waals surface area (Å²) in [5.41, 5.74) is 1.11. The van der Waals surface area contributed by atoms with Gasteiger partial charge in [-0.25, -0.2) is 4.98 Å². The lowest BCUT2D eigenvalue weighted by molar-refractivity contribution is -0.131. The monoisotopic (exact) mass is 342 g/mol. The zero-order valence-electron chi connectivity index (χ0n) is 13.8. The van der Waals surface area contributed by atoms with Crippen molar-refractivity contribution in [1.29, 1.82) is 0 Å². The molecule has 24 heavy (non-hydrogen) atoms. The second kappa shape index (κ2) is 8.15. The number of aromatic amines is 1. The zero-order chi connectivity index (χ0) is 16.8. The molecular formula is C18H22N4OS. The smallest absolute Gasteiger partial charge is 0.233 e. The number of likely N-dealkylation sites (tertiary alicyclic amines) is 1. The molecule has 0 spiro atoms. The van der Waals surface area contributed by atoms with Crippen LogP contribution in [0.5, 0.6) is 0 Å². The maximum Gasteiger partial charge on any atom is 0.233 e. The van der Waals surface area contributed by atoms with Gasteiger partial charge in [-0.3, -0.25) is 9.89 Å². The van der Waals surface area contributed by atoms with Crippen LogP contribution in [-0.2, 0) is 4.79 Å². The fourth-order valence-corrected chi connectivity index (χ4v) is 3.51. The maximum atomic E-state index is 12.3. The van der Waals surface area contributed by atoms with Crippen LogP contribution >= 0.6 is 11.8 Å². The molecule has 1 atom stereocenters. The highest BCUT2D eigenvalue weighted by Gasteiger charge is 2.23. The van der Waals surface area contributed by atoms with Gasteiger partial charge >= 0.3 is 0 Å². The van der Waals surface area contributed by atoms with Gasteiger partial charge in [0.25, 0.3) is 0 Å². The summed E-state index contributed by atoms with van der Waals surface area (Å²) in [4.78, 5) is 18.7. The topological polar surface area (TPSA) is 61.9 Å². The summed E-state index contributed by atoms with van der Waals surface area (Å²) in [6.07, 6.45) is 7.30. The van der Waals surface area contributed by atoms with Crippen LogP contribution in [0, 0.1) is 0 Å². The number of aromatic nitrogens is 3. The number of hydrogen-bond donors (Lipinski definition) is 1. The second-order valence-corrected chi connectivity index (χ2v) is 6.91. The Kier molecular flexibility index (Phi) is 5.69. The summed E-state index contributed by atoms with van der Waals surface area (Å²) in [6.45, 7) is 3.00. The lowest BCUT2D eigenvalue weighted by atomic mass is 10.0. The second-order valence-electron chi connectivity index (χ2n) is 5.97. The van der Waals surface area contributed by atoms with Crippen molar-refractivity contribution in [3.8, 4) is 0 Å². The van der Waals surface area contributed by atoms with E-state index in [-0.39, 0.29) is 5.91 Å². The molecule has 1 amide bonds. The fourth-order valence-electron chi connectivity index (χ4n) is 2.81. The van der Waals surface area contributed by atoms with Gasteiger partial charge in [0, 0.05) is 12.6 Å². The molecule has 0 saturated carbocycles. The number of benzene rings is 1. The van der Waals surface area contributed by atoms with Crippen molar-refractivity contribution < 1.29 is 4.79 Å². The van der Waals surface area contributed by atoms with Crippen molar-refractivity contribution >= 4 is 29.8 Å². The quantitative estimate of drug-likeness (QED) is 0.845. The molecule has 1 unspecified atom stereocenters. The van der Waals surface area contributed by atoms with Crippen LogP contribution in [0.4, 0.5) is 0 Å².